The Labute approximate surface area is 156 Å². The first-order valence-corrected chi connectivity index (χ1v) is 9.04. The molecule has 1 fully saturated rings. The monoisotopic (exact) mass is 390 g/mol. The van der Waals surface area contributed by atoms with Crippen molar-refractivity contribution >= 4 is 5.97 Å². The van der Waals surface area contributed by atoms with Crippen LogP contribution in [0.25, 0.3) is 0 Å². The fourth-order valence-corrected chi connectivity index (χ4v) is 2.86. The van der Waals surface area contributed by atoms with Gasteiger partial charge < -0.3 is 18.9 Å². The van der Waals surface area contributed by atoms with E-state index in [4.69, 9.17) is 18.9 Å². The summed E-state index contributed by atoms with van der Waals surface area (Å²) in [5, 5.41) is 0. The van der Waals surface area contributed by atoms with Gasteiger partial charge in [0.15, 0.2) is 6.29 Å². The normalized spacial score (nSPS) is 17.6. The lowest BCUT2D eigenvalue weighted by atomic mass is 9.94. The van der Waals surface area contributed by atoms with Crippen molar-refractivity contribution < 1.29 is 36.9 Å². The molecule has 0 amide bonds. The second kappa shape index (κ2) is 10.1. The molecule has 0 N–H and O–H groups in total. The minimum Gasteiger partial charge on any atom is -0.464 e. The molecule has 0 bridgehead atoms. The number of benzene rings is 1. The number of rotatable bonds is 10. The van der Waals surface area contributed by atoms with E-state index in [1.54, 1.807) is 30.3 Å². The molecule has 1 aliphatic heterocycles. The Bertz CT molecular complexity index is 572. The number of carbonyl (C=O) groups excluding carboxylic acids is 1. The number of alkyl halides is 3. The van der Waals surface area contributed by atoms with Gasteiger partial charge in [0.2, 0.25) is 0 Å². The summed E-state index contributed by atoms with van der Waals surface area (Å²) in [6.45, 7) is 1.94. The van der Waals surface area contributed by atoms with Crippen LogP contribution >= 0.6 is 0 Å². The lowest BCUT2D eigenvalue weighted by molar-refractivity contribution is -0.283. The molecule has 1 heterocycles. The van der Waals surface area contributed by atoms with Gasteiger partial charge in [-0.2, -0.15) is 13.2 Å². The van der Waals surface area contributed by atoms with Crippen molar-refractivity contribution in [2.75, 3.05) is 19.8 Å². The molecule has 0 saturated carbocycles. The number of esters is 1. The van der Waals surface area contributed by atoms with Crippen molar-refractivity contribution in [3.8, 4) is 0 Å². The predicted octanol–water partition coefficient (Wildman–Crippen LogP) is 4.00. The van der Waals surface area contributed by atoms with Crippen LogP contribution in [0.4, 0.5) is 13.2 Å². The van der Waals surface area contributed by atoms with Gasteiger partial charge >= 0.3 is 12.1 Å². The van der Waals surface area contributed by atoms with Crippen LogP contribution in [0.2, 0.25) is 0 Å². The van der Waals surface area contributed by atoms with Crippen LogP contribution in [-0.2, 0) is 30.3 Å². The highest BCUT2D eigenvalue weighted by molar-refractivity contribution is 5.80. The van der Waals surface area contributed by atoms with Gasteiger partial charge in [-0.15, -0.1) is 0 Å². The van der Waals surface area contributed by atoms with Gasteiger partial charge in [0.05, 0.1) is 26.4 Å². The summed E-state index contributed by atoms with van der Waals surface area (Å²) in [4.78, 5) is 12.3. The van der Waals surface area contributed by atoms with Gasteiger partial charge in [-0.25, -0.2) is 4.79 Å². The Hall–Kier alpha value is -1.64. The molecule has 27 heavy (non-hydrogen) atoms. The van der Waals surface area contributed by atoms with Crippen molar-refractivity contribution in [3.05, 3.63) is 35.9 Å². The molecule has 1 saturated heterocycles. The first-order valence-electron chi connectivity index (χ1n) is 9.04. The Balaban J connectivity index is 2.07. The van der Waals surface area contributed by atoms with E-state index in [9.17, 15) is 18.0 Å². The fourth-order valence-electron chi connectivity index (χ4n) is 2.86. The van der Waals surface area contributed by atoms with Crippen LogP contribution in [0.5, 0.6) is 0 Å². The molecule has 0 aliphatic carbocycles. The van der Waals surface area contributed by atoms with E-state index in [-0.39, 0.29) is 19.6 Å². The molecule has 8 heteroatoms. The zero-order valence-corrected chi connectivity index (χ0v) is 15.3. The molecule has 152 valence electrons. The van der Waals surface area contributed by atoms with Crippen LogP contribution in [-0.4, -0.2) is 43.9 Å². The van der Waals surface area contributed by atoms with Gasteiger partial charge in [-0.3, -0.25) is 0 Å². The molecule has 0 aromatic heterocycles. The van der Waals surface area contributed by atoms with E-state index in [0.29, 0.717) is 31.6 Å². The number of carbonyl (C=O) groups is 1. The molecular weight excluding hydrogens is 365 g/mol. The fraction of sp³-hybridized carbons (Fsp3) is 0.632. The number of hydrogen-bond donors (Lipinski definition) is 0. The first kappa shape index (κ1) is 21.7. The maximum absolute atomic E-state index is 13.9. The third-order valence-electron chi connectivity index (χ3n) is 4.30. The van der Waals surface area contributed by atoms with Crippen molar-refractivity contribution in [1.29, 1.82) is 0 Å². The first-order chi connectivity index (χ1) is 12.9. The Morgan fingerprint density at radius 1 is 1.15 bits per heavy atom. The number of halogens is 3. The van der Waals surface area contributed by atoms with E-state index in [2.05, 4.69) is 0 Å². The Morgan fingerprint density at radius 2 is 1.81 bits per heavy atom. The van der Waals surface area contributed by atoms with Crippen LogP contribution in [0, 0.1) is 0 Å². The zero-order valence-electron chi connectivity index (χ0n) is 15.3. The zero-order chi connectivity index (χ0) is 19.8. The largest absolute Gasteiger partial charge is 0.464 e. The van der Waals surface area contributed by atoms with E-state index in [1.165, 1.54) is 6.92 Å². The van der Waals surface area contributed by atoms with Crippen LogP contribution in [0.1, 0.15) is 38.2 Å². The predicted molar refractivity (Wildman–Crippen MR) is 90.8 cm³/mol. The van der Waals surface area contributed by atoms with Gasteiger partial charge in [0, 0.05) is 0 Å². The van der Waals surface area contributed by atoms with Gasteiger partial charge in [0.1, 0.15) is 0 Å². The number of unbranched alkanes of at least 4 members (excludes halogenated alkanes) is 1. The summed E-state index contributed by atoms with van der Waals surface area (Å²) in [5.41, 5.74) is -2.45. The van der Waals surface area contributed by atoms with E-state index >= 15 is 0 Å². The average Bonchev–Trinajstić information content (AvgIpc) is 3.14. The average molecular weight is 390 g/mol. The molecule has 5 nitrogen and oxygen atoms in total. The molecule has 1 aromatic carbocycles. The molecule has 1 aromatic rings. The van der Waals surface area contributed by atoms with Gasteiger partial charge in [-0.05, 0) is 38.2 Å². The minimum absolute atomic E-state index is 0.121. The maximum atomic E-state index is 13.9. The quantitative estimate of drug-likeness (QED) is 0.447. The lowest BCUT2D eigenvalue weighted by Gasteiger charge is -2.33. The highest BCUT2D eigenvalue weighted by Crippen LogP contribution is 2.40. The van der Waals surface area contributed by atoms with Crippen LogP contribution in [0.3, 0.4) is 0 Å². The maximum Gasteiger partial charge on any atom is 0.428 e. The molecule has 1 unspecified atom stereocenters. The number of ether oxygens (including phenoxy) is 4. The standard InChI is InChI=1S/C19H25F3O5/c1-2-24-17(23)18(19(20,21)22,27-14-15-8-4-3-5-9-15)11-7-6-10-16-25-12-13-26-16/h3-5,8-9,16H,2,6-7,10-14H2,1H3. The molecule has 0 radical (unpaired) electrons. The molecule has 1 atom stereocenters. The van der Waals surface area contributed by atoms with Gasteiger partial charge in [0.25, 0.3) is 5.60 Å². The smallest absolute Gasteiger partial charge is 0.428 e. The van der Waals surface area contributed by atoms with Crippen LogP contribution < -0.4 is 0 Å². The summed E-state index contributed by atoms with van der Waals surface area (Å²) in [6.07, 6.45) is -4.80. The van der Waals surface area contributed by atoms with Crippen molar-refractivity contribution in [2.45, 2.75) is 57.3 Å². The second-order valence-corrected chi connectivity index (χ2v) is 6.24. The van der Waals surface area contributed by atoms with E-state index < -0.39 is 30.5 Å². The highest BCUT2D eigenvalue weighted by Gasteiger charge is 2.62. The van der Waals surface area contributed by atoms with E-state index in [0.717, 1.165) is 0 Å². The summed E-state index contributed by atoms with van der Waals surface area (Å²) < 4.78 is 62.2. The second-order valence-electron chi connectivity index (χ2n) is 6.24. The molecule has 2 rings (SSSR count). The van der Waals surface area contributed by atoms with Crippen molar-refractivity contribution in [1.82, 2.24) is 0 Å². The molecule has 0 spiro atoms. The molecular formula is C19H25F3O5. The summed E-state index contributed by atoms with van der Waals surface area (Å²) >= 11 is 0. The summed E-state index contributed by atoms with van der Waals surface area (Å²) in [7, 11) is 0. The number of hydrogen-bond acceptors (Lipinski definition) is 5. The highest BCUT2D eigenvalue weighted by atomic mass is 19.4. The van der Waals surface area contributed by atoms with Crippen molar-refractivity contribution in [3.63, 3.8) is 0 Å². The Morgan fingerprint density at radius 3 is 2.41 bits per heavy atom. The molecule has 1 aliphatic rings. The third-order valence-corrected chi connectivity index (χ3v) is 4.30. The minimum atomic E-state index is -4.89. The Kier molecular flexibility index (Phi) is 8.07. The SMILES string of the molecule is CCOC(=O)C(CCCCC1OCCO1)(OCc1ccccc1)C(F)(F)F. The summed E-state index contributed by atoms with van der Waals surface area (Å²) in [5.74, 6) is -1.40. The summed E-state index contributed by atoms with van der Waals surface area (Å²) in [6, 6.07) is 8.42. The third kappa shape index (κ3) is 5.92. The topological polar surface area (TPSA) is 54.0 Å². The van der Waals surface area contributed by atoms with Crippen LogP contribution in [0.15, 0.2) is 30.3 Å². The lowest BCUT2D eigenvalue weighted by Crippen LogP contribution is -2.55. The van der Waals surface area contributed by atoms with Gasteiger partial charge in [-0.1, -0.05) is 30.3 Å². The van der Waals surface area contributed by atoms with E-state index in [1.807, 2.05) is 0 Å². The van der Waals surface area contributed by atoms with Crippen molar-refractivity contribution in [2.24, 2.45) is 0 Å².